The summed E-state index contributed by atoms with van der Waals surface area (Å²) in [7, 11) is 0. The van der Waals surface area contributed by atoms with Crippen LogP contribution < -0.4 is 26.2 Å². The minimum absolute atomic E-state index is 0.141. The van der Waals surface area contributed by atoms with Gasteiger partial charge in [0.15, 0.2) is 0 Å². The first kappa shape index (κ1) is 55.5. The van der Waals surface area contributed by atoms with Gasteiger partial charge in [0.25, 0.3) is 6.71 Å². The molecule has 108 heavy (non-hydrogen) atoms. The second-order valence-electron chi connectivity index (χ2n) is 35.2. The predicted molar refractivity (Wildman–Crippen MR) is 467 cm³/mol. The molecule has 4 heterocycles. The zero-order valence-electron chi connectivity index (χ0n) is 78.7. The van der Waals surface area contributed by atoms with Crippen LogP contribution in [0.25, 0.3) is 99.5 Å². The highest BCUT2D eigenvalue weighted by atomic mass is 15.2. The molecule has 4 nitrogen and oxygen atoms in total. The van der Waals surface area contributed by atoms with E-state index in [0.717, 1.165) is 49.8 Å². The number of rotatable bonds is 13. The first-order valence-electron chi connectivity index (χ1n) is 45.0. The van der Waals surface area contributed by atoms with Crippen molar-refractivity contribution in [3.8, 4) is 55.9 Å². The van der Waals surface area contributed by atoms with Gasteiger partial charge in [0.2, 0.25) is 0 Å². The van der Waals surface area contributed by atoms with Gasteiger partial charge in [-0.15, -0.1) is 0 Å². The predicted octanol–water partition coefficient (Wildman–Crippen LogP) is 26.6. The fourth-order valence-corrected chi connectivity index (χ4v) is 16.9. The van der Waals surface area contributed by atoms with E-state index in [1.807, 2.05) is 253 Å². The van der Waals surface area contributed by atoms with Crippen molar-refractivity contribution < 1.29 is 19.2 Å². The molecule has 536 valence electrons. The second-order valence-corrected chi connectivity index (χ2v) is 35.2. The molecule has 15 aromatic rings. The van der Waals surface area contributed by atoms with E-state index < -0.39 is 42.1 Å². The Morgan fingerprint density at radius 1 is 0.296 bits per heavy atom. The Labute approximate surface area is 661 Å². The monoisotopic (exact) mass is 1420 g/mol. The summed E-state index contributed by atoms with van der Waals surface area (Å²) in [5, 5.41) is 2.05. The van der Waals surface area contributed by atoms with Crippen LogP contribution in [0.4, 0.5) is 34.1 Å². The fourth-order valence-electron chi connectivity index (χ4n) is 16.9. The lowest BCUT2D eigenvalue weighted by molar-refractivity contribution is 0.411. The maximum Gasteiger partial charge on any atom is 0.252 e. The van der Waals surface area contributed by atoms with E-state index in [1.54, 1.807) is 0 Å². The summed E-state index contributed by atoms with van der Waals surface area (Å²) in [5.74, 6) is 0. The molecule has 2 aliphatic rings. The van der Waals surface area contributed by atoms with Gasteiger partial charge >= 0.3 is 0 Å². The molecule has 0 fully saturated rings. The minimum Gasteiger partial charge on any atom is -0.310 e. The molecule has 0 atom stereocenters. The van der Waals surface area contributed by atoms with Gasteiger partial charge in [-0.05, 0) is 223 Å². The summed E-state index contributed by atoms with van der Waals surface area (Å²) >= 11 is 0. The van der Waals surface area contributed by atoms with Gasteiger partial charge in [0.1, 0.15) is 0 Å². The van der Waals surface area contributed by atoms with Crippen LogP contribution in [0.5, 0.6) is 0 Å². The molecule has 0 unspecified atom stereocenters. The highest BCUT2D eigenvalue weighted by molar-refractivity contribution is 7.00. The van der Waals surface area contributed by atoms with Crippen LogP contribution in [-0.4, -0.2) is 15.8 Å². The zero-order valence-corrected chi connectivity index (χ0v) is 64.7. The molecular formula is C103H101BN4. The number of benzene rings is 13. The molecule has 0 saturated carbocycles. The number of hydrogen-bond donors (Lipinski definition) is 0. The summed E-state index contributed by atoms with van der Waals surface area (Å²) in [6, 6.07) is 74.7. The third kappa shape index (κ3) is 13.3. The molecule has 0 bridgehead atoms. The number of hydrogen-bond acceptors (Lipinski definition) is 2. The van der Waals surface area contributed by atoms with Crippen LogP contribution in [0, 0.1) is 27.1 Å². The Morgan fingerprint density at radius 2 is 0.620 bits per heavy atom. The summed E-state index contributed by atoms with van der Waals surface area (Å²) in [6.45, 7) is 29.5. The fraction of sp³-hybridized carbons (Fsp3) is 0.243. The van der Waals surface area contributed by atoms with Gasteiger partial charge in [-0.25, -0.2) is 0 Å². The molecule has 0 radical (unpaired) electrons. The first-order chi connectivity index (χ1) is 57.3. The quantitative estimate of drug-likeness (QED) is 0.107. The Balaban J connectivity index is 1.11. The van der Waals surface area contributed by atoms with Gasteiger partial charge in [-0.1, -0.05) is 286 Å². The normalized spacial score (nSPS) is 15.5. The Morgan fingerprint density at radius 3 is 0.944 bits per heavy atom. The lowest BCUT2D eigenvalue weighted by Crippen LogP contribution is -2.61. The highest BCUT2D eigenvalue weighted by Crippen LogP contribution is 2.55. The smallest absolute Gasteiger partial charge is 0.252 e. The van der Waals surface area contributed by atoms with E-state index in [2.05, 4.69) is 99.9 Å². The number of para-hydroxylation sites is 2. The molecule has 0 N–H and O–H groups in total. The largest absolute Gasteiger partial charge is 0.310 e. The molecule has 0 aliphatic carbocycles. The van der Waals surface area contributed by atoms with Crippen LogP contribution in [0.3, 0.4) is 0 Å². The molecule has 0 spiro atoms. The van der Waals surface area contributed by atoms with Crippen molar-refractivity contribution in [3.63, 3.8) is 0 Å². The summed E-state index contributed by atoms with van der Waals surface area (Å²) in [6.07, 6.45) is -4.70. The van der Waals surface area contributed by atoms with Gasteiger partial charge in [0, 0.05) is 86.1 Å². The van der Waals surface area contributed by atoms with E-state index >= 15 is 0 Å². The number of nitrogens with zero attached hydrogens (tertiary/aromatic N) is 4. The van der Waals surface area contributed by atoms with Gasteiger partial charge < -0.3 is 18.9 Å². The number of anilines is 6. The number of aromatic nitrogens is 2. The molecule has 0 amide bonds. The third-order valence-corrected chi connectivity index (χ3v) is 20.5. The molecule has 0 saturated heterocycles. The Hall–Kier alpha value is -10.9. The summed E-state index contributed by atoms with van der Waals surface area (Å²) in [4.78, 5) is 4.52. The van der Waals surface area contributed by atoms with E-state index in [4.69, 9.17) is 0 Å². The third-order valence-electron chi connectivity index (χ3n) is 20.5. The topological polar surface area (TPSA) is 16.3 Å². The molecular weight excluding hydrogens is 1300 g/mol. The average molecular weight is 1420 g/mol. The van der Waals surface area contributed by atoms with E-state index in [-0.39, 0.29) is 70.2 Å². The maximum atomic E-state index is 11.0. The van der Waals surface area contributed by atoms with E-state index in [9.17, 15) is 19.2 Å². The van der Waals surface area contributed by atoms with Crippen molar-refractivity contribution in [1.82, 2.24) is 9.13 Å². The van der Waals surface area contributed by atoms with Crippen molar-refractivity contribution in [2.45, 2.75) is 136 Å². The van der Waals surface area contributed by atoms with Crippen LogP contribution in [0.15, 0.2) is 279 Å². The van der Waals surface area contributed by atoms with Crippen LogP contribution >= 0.6 is 0 Å². The van der Waals surface area contributed by atoms with Crippen molar-refractivity contribution in [2.24, 2.45) is 27.1 Å². The molecule has 17 rings (SSSR count). The van der Waals surface area contributed by atoms with Gasteiger partial charge in [0.05, 0.1) is 44.4 Å². The maximum absolute atomic E-state index is 11.0. The van der Waals surface area contributed by atoms with Crippen LogP contribution in [0.2, 0.25) is 0 Å². The molecule has 13 aromatic carbocycles. The van der Waals surface area contributed by atoms with Crippen LogP contribution in [0.1, 0.15) is 151 Å². The molecule has 2 aromatic heterocycles. The van der Waals surface area contributed by atoms with Gasteiger partial charge in [-0.2, -0.15) is 0 Å². The zero-order chi connectivity index (χ0) is 87.3. The van der Waals surface area contributed by atoms with Gasteiger partial charge in [-0.3, -0.25) is 0 Å². The van der Waals surface area contributed by atoms with Crippen LogP contribution in [-0.2, 0) is 32.0 Å². The Kier molecular flexibility index (Phi) is 13.6. The highest BCUT2D eigenvalue weighted by Gasteiger charge is 2.46. The molecule has 2 aliphatic heterocycles. The van der Waals surface area contributed by atoms with E-state index in [1.165, 1.54) is 0 Å². The first-order valence-corrected chi connectivity index (χ1v) is 38.0. The molecule has 5 heteroatoms. The number of fused-ring (bicyclic) bond motifs is 10. The minimum atomic E-state index is -2.17. The lowest BCUT2D eigenvalue weighted by atomic mass is 9.33. The summed E-state index contributed by atoms with van der Waals surface area (Å²) in [5.41, 5.74) is 14.6. The standard InChI is InChI=1S/C103H101BN4/c1-99(2,3)62-67-44-50-90-84(52-67)78-40-28-30-42-88(78)105(90)76-46-48-86-92(60-76)107(97-80(72-32-20-16-21-33-72)54-69(64-101(7,8)9)55-81(97)73-34-22-17-23-35-73)94-58-71(66-103(13,14)15)59-95-96(94)104(86)87-49-47-77(106-89-43-31-29-41-79(89)85-53-68(45-51-91(85)106)63-100(4,5)6)61-93(87)108(95)98-82(74-36-24-18-25-37-74)56-70(65-102(10,11)12)57-83(98)75-38-26-19-27-39-75/h16-61H,62-66H2,1-15H3/i28D,29D,30D,31D,40D,41D,42D,43D,64D2,65D2,66D2. The summed E-state index contributed by atoms with van der Waals surface area (Å²) < 4.78 is 144. The van der Waals surface area contributed by atoms with E-state index in [0.29, 0.717) is 130 Å². The van der Waals surface area contributed by atoms with Crippen molar-refractivity contribution in [1.29, 1.82) is 0 Å². The van der Waals surface area contributed by atoms with Crippen molar-refractivity contribution in [2.75, 3.05) is 9.80 Å². The van der Waals surface area contributed by atoms with Crippen molar-refractivity contribution in [3.05, 3.63) is 307 Å². The SMILES string of the molecule is [2H]c1c([2H])c([2H])c2c(c1[2H])c1cc(CC(C)(C)C)ccc1n2-c1ccc2c(c1)N(c1c(-c3ccccc3)cc(C([2H])([2H])C(C)(C)C)cc1-c1ccccc1)c1cc(C([2H])([2H])C(C)(C)C)cc3c1B2c1ccc(-n2c4ccc(CC(C)(C)C)cc4c4c([2H])c([2H])c([2H])c([2H])c42)cc1N3c1c(-c2ccccc2)cc(C([2H])([2H])C(C)(C)C)cc1-c1ccccc1. The second kappa shape index (κ2) is 26.5. The Bertz CT molecular complexity index is 6290. The lowest BCUT2D eigenvalue weighted by Gasteiger charge is -2.46. The van der Waals surface area contributed by atoms with Crippen molar-refractivity contribution >= 4 is 101 Å². The average Bonchev–Trinajstić information content (AvgIpc) is 0.709.